The first-order chi connectivity index (χ1) is 7.72. The topological polar surface area (TPSA) is 73.1 Å². The molecule has 4 nitrogen and oxygen atoms in total. The van der Waals surface area contributed by atoms with Crippen molar-refractivity contribution in [1.82, 2.24) is 5.32 Å². The molecule has 1 aliphatic heterocycles. The molecule has 1 amide bonds. The number of hydrogen-bond acceptors (Lipinski definition) is 3. The molecule has 2 rings (SSSR count). The number of carbonyl (C=O) groups is 1. The van der Waals surface area contributed by atoms with Crippen molar-refractivity contribution in [3.8, 4) is 6.07 Å². The van der Waals surface area contributed by atoms with Gasteiger partial charge in [0.05, 0.1) is 5.70 Å². The molecule has 1 aliphatic rings. The molecular weight excluding hydrogens is 204 g/mol. The van der Waals surface area contributed by atoms with Gasteiger partial charge in [0, 0.05) is 0 Å². The van der Waals surface area contributed by atoms with Gasteiger partial charge in [0.1, 0.15) is 6.07 Å². The monoisotopic (exact) mass is 212 g/mol. The van der Waals surface area contributed by atoms with Gasteiger partial charge in [0.2, 0.25) is 0 Å². The van der Waals surface area contributed by atoms with E-state index in [4.69, 9.17) is 5.26 Å². The third kappa shape index (κ3) is 1.66. The average Bonchev–Trinajstić information content (AvgIpc) is 2.55. The molecule has 1 aromatic carbocycles. The lowest BCUT2D eigenvalue weighted by Gasteiger charge is -1.98. The summed E-state index contributed by atoms with van der Waals surface area (Å²) in [6.45, 7) is 0. The molecule has 0 fully saturated rings. The van der Waals surface area contributed by atoms with E-state index in [2.05, 4.69) is 5.32 Å². The molecule has 0 saturated carbocycles. The van der Waals surface area contributed by atoms with Crippen molar-refractivity contribution >= 4 is 12.0 Å². The van der Waals surface area contributed by atoms with E-state index in [1.54, 1.807) is 12.1 Å². The summed E-state index contributed by atoms with van der Waals surface area (Å²) in [5, 5.41) is 20.6. The number of carbonyl (C=O) groups excluding carboxylic acids is 1. The van der Waals surface area contributed by atoms with Crippen LogP contribution in [-0.2, 0) is 4.79 Å². The molecule has 0 aliphatic carbocycles. The highest BCUT2D eigenvalue weighted by Gasteiger charge is 2.26. The lowest BCUT2D eigenvalue weighted by atomic mass is 10.2. The third-order valence-corrected chi connectivity index (χ3v) is 2.19. The van der Waals surface area contributed by atoms with Gasteiger partial charge in [-0.2, -0.15) is 5.26 Å². The number of aliphatic hydroxyl groups excluding tert-OH is 1. The molecule has 0 atom stereocenters. The molecule has 0 bridgehead atoms. The Morgan fingerprint density at radius 3 is 2.56 bits per heavy atom. The van der Waals surface area contributed by atoms with E-state index >= 15 is 0 Å². The SMILES string of the molecule is N#CC1=C(O)/C(=C/c2ccccc2)NC1=O. The van der Waals surface area contributed by atoms with Crippen molar-refractivity contribution in [3.63, 3.8) is 0 Å². The summed E-state index contributed by atoms with van der Waals surface area (Å²) >= 11 is 0. The van der Waals surface area contributed by atoms with E-state index in [-0.39, 0.29) is 17.0 Å². The molecule has 0 aromatic heterocycles. The maximum Gasteiger partial charge on any atom is 0.270 e. The van der Waals surface area contributed by atoms with Crippen molar-refractivity contribution in [3.05, 3.63) is 52.9 Å². The molecule has 1 heterocycles. The Hall–Kier alpha value is -2.54. The largest absolute Gasteiger partial charge is 0.504 e. The lowest BCUT2D eigenvalue weighted by molar-refractivity contribution is -0.115. The zero-order valence-electron chi connectivity index (χ0n) is 8.27. The number of nitriles is 1. The minimum Gasteiger partial charge on any atom is -0.504 e. The molecule has 16 heavy (non-hydrogen) atoms. The first kappa shape index (κ1) is 9.99. The first-order valence-electron chi connectivity index (χ1n) is 4.64. The molecule has 2 N–H and O–H groups in total. The normalized spacial score (nSPS) is 17.4. The van der Waals surface area contributed by atoms with Crippen LogP contribution in [0.3, 0.4) is 0 Å². The van der Waals surface area contributed by atoms with E-state index in [1.165, 1.54) is 0 Å². The molecular formula is C12H8N2O2. The van der Waals surface area contributed by atoms with Gasteiger partial charge in [0.15, 0.2) is 11.3 Å². The highest BCUT2D eigenvalue weighted by atomic mass is 16.3. The summed E-state index contributed by atoms with van der Waals surface area (Å²) in [6, 6.07) is 10.9. The Balaban J connectivity index is 2.40. The Bertz CT molecular complexity index is 536. The van der Waals surface area contributed by atoms with Gasteiger partial charge in [-0.05, 0) is 11.6 Å². The molecule has 1 aromatic rings. The van der Waals surface area contributed by atoms with Gasteiger partial charge in [-0.1, -0.05) is 30.3 Å². The van der Waals surface area contributed by atoms with Crippen LogP contribution in [0, 0.1) is 11.3 Å². The van der Waals surface area contributed by atoms with Crippen LogP contribution >= 0.6 is 0 Å². The van der Waals surface area contributed by atoms with Crippen LogP contribution in [-0.4, -0.2) is 11.0 Å². The van der Waals surface area contributed by atoms with Crippen LogP contribution in [0.5, 0.6) is 0 Å². The second kappa shape index (κ2) is 3.91. The van der Waals surface area contributed by atoms with Gasteiger partial charge in [-0.15, -0.1) is 0 Å². The van der Waals surface area contributed by atoms with Crippen LogP contribution in [0.15, 0.2) is 47.4 Å². The summed E-state index contributed by atoms with van der Waals surface area (Å²) in [6.07, 6.45) is 1.61. The quantitative estimate of drug-likeness (QED) is 0.740. The van der Waals surface area contributed by atoms with Crippen molar-refractivity contribution in [1.29, 1.82) is 5.26 Å². The number of amides is 1. The number of nitrogens with zero attached hydrogens (tertiary/aromatic N) is 1. The summed E-state index contributed by atoms with van der Waals surface area (Å²) in [4.78, 5) is 11.2. The van der Waals surface area contributed by atoms with Crippen molar-refractivity contribution < 1.29 is 9.90 Å². The van der Waals surface area contributed by atoms with Gasteiger partial charge in [-0.25, -0.2) is 0 Å². The van der Waals surface area contributed by atoms with E-state index in [0.29, 0.717) is 0 Å². The van der Waals surface area contributed by atoms with E-state index in [0.717, 1.165) is 5.56 Å². The fraction of sp³-hybridized carbons (Fsp3) is 0. The van der Waals surface area contributed by atoms with Crippen LogP contribution < -0.4 is 5.32 Å². The summed E-state index contributed by atoms with van der Waals surface area (Å²) in [5.41, 5.74) is 0.846. The molecule has 4 heteroatoms. The van der Waals surface area contributed by atoms with Crippen molar-refractivity contribution in [2.24, 2.45) is 0 Å². The van der Waals surface area contributed by atoms with Gasteiger partial charge in [0.25, 0.3) is 5.91 Å². The van der Waals surface area contributed by atoms with Crippen molar-refractivity contribution in [2.45, 2.75) is 0 Å². The van der Waals surface area contributed by atoms with Crippen LogP contribution in [0.25, 0.3) is 6.08 Å². The first-order valence-corrected chi connectivity index (χ1v) is 4.64. The summed E-state index contributed by atoms with van der Waals surface area (Å²) < 4.78 is 0. The predicted octanol–water partition coefficient (Wildman–Crippen LogP) is 1.49. The Morgan fingerprint density at radius 2 is 2.00 bits per heavy atom. The zero-order valence-corrected chi connectivity index (χ0v) is 8.27. The van der Waals surface area contributed by atoms with Gasteiger partial charge >= 0.3 is 0 Å². The lowest BCUT2D eigenvalue weighted by Crippen LogP contribution is -2.15. The fourth-order valence-corrected chi connectivity index (χ4v) is 1.41. The average molecular weight is 212 g/mol. The van der Waals surface area contributed by atoms with Crippen molar-refractivity contribution in [2.75, 3.05) is 0 Å². The van der Waals surface area contributed by atoms with Crippen LogP contribution in [0.2, 0.25) is 0 Å². The number of nitrogens with one attached hydrogen (secondary N) is 1. The van der Waals surface area contributed by atoms with Crippen LogP contribution in [0.1, 0.15) is 5.56 Å². The predicted molar refractivity (Wildman–Crippen MR) is 57.8 cm³/mol. The molecule has 0 spiro atoms. The maximum absolute atomic E-state index is 11.2. The number of aliphatic hydroxyl groups is 1. The number of rotatable bonds is 1. The summed E-state index contributed by atoms with van der Waals surface area (Å²) in [7, 11) is 0. The Morgan fingerprint density at radius 1 is 1.31 bits per heavy atom. The Kier molecular flexibility index (Phi) is 2.44. The number of benzene rings is 1. The number of hydrogen-bond donors (Lipinski definition) is 2. The third-order valence-electron chi connectivity index (χ3n) is 2.19. The van der Waals surface area contributed by atoms with E-state index in [1.807, 2.05) is 30.3 Å². The molecule has 0 radical (unpaired) electrons. The van der Waals surface area contributed by atoms with E-state index in [9.17, 15) is 9.90 Å². The smallest absolute Gasteiger partial charge is 0.270 e. The highest BCUT2D eigenvalue weighted by molar-refractivity contribution is 6.04. The Labute approximate surface area is 92.1 Å². The minimum atomic E-state index is -0.567. The van der Waals surface area contributed by atoms with Crippen LogP contribution in [0.4, 0.5) is 0 Å². The zero-order chi connectivity index (χ0) is 11.5. The molecule has 78 valence electrons. The van der Waals surface area contributed by atoms with Gasteiger partial charge < -0.3 is 10.4 Å². The maximum atomic E-state index is 11.2. The fourth-order valence-electron chi connectivity index (χ4n) is 1.41. The van der Waals surface area contributed by atoms with Gasteiger partial charge in [-0.3, -0.25) is 4.79 Å². The van der Waals surface area contributed by atoms with E-state index < -0.39 is 5.91 Å². The summed E-state index contributed by atoms with van der Waals surface area (Å²) in [5.74, 6) is -0.862. The highest BCUT2D eigenvalue weighted by Crippen LogP contribution is 2.19. The second-order valence-electron chi connectivity index (χ2n) is 3.26. The second-order valence-corrected chi connectivity index (χ2v) is 3.26. The standard InChI is InChI=1S/C12H8N2O2/c13-7-9-11(15)10(14-12(9)16)6-8-4-2-1-3-5-8/h1-6,15H,(H,14,16)/b10-6-. The minimum absolute atomic E-state index is 0.248. The molecule has 0 saturated heterocycles. The molecule has 0 unspecified atom stereocenters.